The molecule has 1 heterocycles. The van der Waals surface area contributed by atoms with Gasteiger partial charge in [0.1, 0.15) is 0 Å². The number of thioether (sulfide) groups is 1. The molecule has 1 aromatic carbocycles. The first kappa shape index (κ1) is 13.2. The highest BCUT2D eigenvalue weighted by atomic mass is 32.2. The Morgan fingerprint density at radius 1 is 1.30 bits per heavy atom. The zero-order chi connectivity index (χ0) is 13.8. The van der Waals surface area contributed by atoms with Crippen molar-refractivity contribution in [3.63, 3.8) is 0 Å². The molecule has 20 heavy (non-hydrogen) atoms. The van der Waals surface area contributed by atoms with Gasteiger partial charge in [0, 0.05) is 11.3 Å². The highest BCUT2D eigenvalue weighted by molar-refractivity contribution is 7.98. The highest BCUT2D eigenvalue weighted by Gasteiger charge is 2.27. The lowest BCUT2D eigenvalue weighted by Crippen LogP contribution is -1.98. The molecule has 3 rings (SSSR count). The van der Waals surface area contributed by atoms with Crippen molar-refractivity contribution >= 4 is 11.8 Å². The van der Waals surface area contributed by atoms with E-state index in [4.69, 9.17) is 5.73 Å². The molecule has 1 aliphatic rings. The molecule has 0 radical (unpaired) electrons. The summed E-state index contributed by atoms with van der Waals surface area (Å²) in [7, 11) is 0. The van der Waals surface area contributed by atoms with Crippen LogP contribution in [0.4, 0.5) is 0 Å². The molecule has 5 nitrogen and oxygen atoms in total. The van der Waals surface area contributed by atoms with E-state index in [1.165, 1.54) is 18.4 Å². The third-order valence-electron chi connectivity index (χ3n) is 3.01. The maximum atomic E-state index is 5.35. The van der Waals surface area contributed by atoms with E-state index < -0.39 is 0 Å². The Bertz CT molecular complexity index is 634. The Balaban J connectivity index is 1.61. The summed E-state index contributed by atoms with van der Waals surface area (Å²) in [5.41, 5.74) is 7.58. The van der Waals surface area contributed by atoms with Gasteiger partial charge < -0.3 is 5.73 Å². The van der Waals surface area contributed by atoms with Gasteiger partial charge in [0.15, 0.2) is 0 Å². The van der Waals surface area contributed by atoms with E-state index in [0.29, 0.717) is 12.6 Å². The van der Waals surface area contributed by atoms with Gasteiger partial charge in [-0.25, -0.2) is 4.68 Å². The summed E-state index contributed by atoms with van der Waals surface area (Å²) in [5.74, 6) is 6.72. The van der Waals surface area contributed by atoms with Crippen molar-refractivity contribution in [2.24, 2.45) is 5.73 Å². The van der Waals surface area contributed by atoms with E-state index in [-0.39, 0.29) is 0 Å². The van der Waals surface area contributed by atoms with Crippen LogP contribution in [-0.4, -0.2) is 26.8 Å². The maximum Gasteiger partial charge on any atom is 0.209 e. The summed E-state index contributed by atoms with van der Waals surface area (Å²) in [6.07, 6.45) is 2.38. The quantitative estimate of drug-likeness (QED) is 0.682. The molecule has 0 spiro atoms. The summed E-state index contributed by atoms with van der Waals surface area (Å²) in [4.78, 5) is 0. The molecule has 6 heteroatoms. The Labute approximate surface area is 121 Å². The number of nitrogens with zero attached hydrogens (tertiary/aromatic N) is 4. The van der Waals surface area contributed by atoms with E-state index in [0.717, 1.165) is 16.5 Å². The van der Waals surface area contributed by atoms with Gasteiger partial charge in [-0.05, 0) is 41.0 Å². The predicted molar refractivity (Wildman–Crippen MR) is 78.0 cm³/mol. The van der Waals surface area contributed by atoms with Gasteiger partial charge in [0.25, 0.3) is 0 Å². The SMILES string of the molecule is NCC#Cc1ccc(CSc2nnnn2C2CC2)cc1. The Morgan fingerprint density at radius 2 is 2.10 bits per heavy atom. The number of nitrogens with two attached hydrogens (primary N) is 1. The number of benzene rings is 1. The molecule has 1 fully saturated rings. The van der Waals surface area contributed by atoms with Crippen molar-refractivity contribution in [1.82, 2.24) is 20.2 Å². The highest BCUT2D eigenvalue weighted by Crippen LogP contribution is 2.36. The third-order valence-corrected chi connectivity index (χ3v) is 4.02. The van der Waals surface area contributed by atoms with Crippen LogP contribution in [0.3, 0.4) is 0 Å². The van der Waals surface area contributed by atoms with Crippen LogP contribution < -0.4 is 5.73 Å². The molecule has 0 aliphatic heterocycles. The Morgan fingerprint density at radius 3 is 2.80 bits per heavy atom. The molecule has 0 unspecified atom stereocenters. The van der Waals surface area contributed by atoms with E-state index in [1.54, 1.807) is 11.8 Å². The summed E-state index contributed by atoms with van der Waals surface area (Å²) >= 11 is 1.67. The smallest absolute Gasteiger partial charge is 0.209 e. The minimum Gasteiger partial charge on any atom is -0.320 e. The van der Waals surface area contributed by atoms with Crippen molar-refractivity contribution in [3.05, 3.63) is 35.4 Å². The molecule has 2 N–H and O–H groups in total. The molecular weight excluding hydrogens is 270 g/mol. The van der Waals surface area contributed by atoms with Gasteiger partial charge in [0.05, 0.1) is 12.6 Å². The van der Waals surface area contributed by atoms with Crippen LogP contribution in [0.25, 0.3) is 0 Å². The van der Waals surface area contributed by atoms with Crippen molar-refractivity contribution in [2.45, 2.75) is 29.8 Å². The second-order valence-electron chi connectivity index (χ2n) is 4.63. The largest absolute Gasteiger partial charge is 0.320 e. The molecule has 0 bridgehead atoms. The fourth-order valence-electron chi connectivity index (χ4n) is 1.81. The van der Waals surface area contributed by atoms with E-state index in [1.807, 2.05) is 16.8 Å². The van der Waals surface area contributed by atoms with Crippen LogP contribution >= 0.6 is 11.8 Å². The van der Waals surface area contributed by atoms with Gasteiger partial charge in [0.2, 0.25) is 5.16 Å². The van der Waals surface area contributed by atoms with Crippen LogP contribution in [0.2, 0.25) is 0 Å². The van der Waals surface area contributed by atoms with Gasteiger partial charge in [-0.3, -0.25) is 0 Å². The molecule has 1 aliphatic carbocycles. The summed E-state index contributed by atoms with van der Waals surface area (Å²) in [6.45, 7) is 0.390. The minimum absolute atomic E-state index is 0.390. The first-order valence-electron chi connectivity index (χ1n) is 6.55. The molecule has 0 atom stereocenters. The zero-order valence-electron chi connectivity index (χ0n) is 11.0. The fourth-order valence-corrected chi connectivity index (χ4v) is 2.71. The molecule has 2 aromatic rings. The Kier molecular flexibility index (Phi) is 4.00. The zero-order valence-corrected chi connectivity index (χ0v) is 11.8. The summed E-state index contributed by atoms with van der Waals surface area (Å²) in [5, 5.41) is 12.8. The van der Waals surface area contributed by atoms with Crippen molar-refractivity contribution in [3.8, 4) is 11.8 Å². The number of hydrogen-bond donors (Lipinski definition) is 1. The lowest BCUT2D eigenvalue weighted by atomic mass is 10.1. The standard InChI is InChI=1S/C14H15N5S/c15-9-1-2-11-3-5-12(6-4-11)10-20-14-16-17-18-19(14)13-7-8-13/h3-6,13H,7-10,15H2. The Hall–Kier alpha value is -1.84. The average molecular weight is 285 g/mol. The fraction of sp³-hybridized carbons (Fsp3) is 0.357. The van der Waals surface area contributed by atoms with Crippen molar-refractivity contribution < 1.29 is 0 Å². The normalized spacial score (nSPS) is 13.8. The van der Waals surface area contributed by atoms with Crippen molar-refractivity contribution in [2.75, 3.05) is 6.54 Å². The van der Waals surface area contributed by atoms with Crippen LogP contribution in [0.1, 0.15) is 30.0 Å². The minimum atomic E-state index is 0.390. The summed E-state index contributed by atoms with van der Waals surface area (Å²) in [6, 6.07) is 8.71. The van der Waals surface area contributed by atoms with E-state index in [2.05, 4.69) is 39.5 Å². The van der Waals surface area contributed by atoms with Gasteiger partial charge in [-0.1, -0.05) is 35.7 Å². The third kappa shape index (κ3) is 3.18. The van der Waals surface area contributed by atoms with Gasteiger partial charge in [-0.15, -0.1) is 5.10 Å². The molecular formula is C14H15N5S. The van der Waals surface area contributed by atoms with Crippen LogP contribution in [0.15, 0.2) is 29.4 Å². The molecule has 0 amide bonds. The first-order chi connectivity index (χ1) is 9.86. The maximum absolute atomic E-state index is 5.35. The number of hydrogen-bond acceptors (Lipinski definition) is 5. The predicted octanol–water partition coefficient (Wildman–Crippen LogP) is 1.61. The topological polar surface area (TPSA) is 69.6 Å². The second kappa shape index (κ2) is 6.07. The van der Waals surface area contributed by atoms with Crippen molar-refractivity contribution in [1.29, 1.82) is 0 Å². The number of tetrazole rings is 1. The molecule has 102 valence electrons. The van der Waals surface area contributed by atoms with Crippen LogP contribution in [0, 0.1) is 11.8 Å². The monoisotopic (exact) mass is 285 g/mol. The van der Waals surface area contributed by atoms with E-state index in [9.17, 15) is 0 Å². The molecule has 1 aromatic heterocycles. The second-order valence-corrected chi connectivity index (χ2v) is 5.57. The molecule has 1 saturated carbocycles. The first-order valence-corrected chi connectivity index (χ1v) is 7.54. The van der Waals surface area contributed by atoms with Gasteiger partial charge >= 0.3 is 0 Å². The molecule has 0 saturated heterocycles. The lowest BCUT2D eigenvalue weighted by Gasteiger charge is -2.02. The van der Waals surface area contributed by atoms with E-state index >= 15 is 0 Å². The number of aromatic nitrogens is 4. The van der Waals surface area contributed by atoms with Crippen LogP contribution in [0.5, 0.6) is 0 Å². The number of rotatable bonds is 4. The van der Waals surface area contributed by atoms with Crippen LogP contribution in [-0.2, 0) is 5.75 Å². The summed E-state index contributed by atoms with van der Waals surface area (Å²) < 4.78 is 1.94. The average Bonchev–Trinajstić information content (AvgIpc) is 3.23. The van der Waals surface area contributed by atoms with Gasteiger partial charge in [-0.2, -0.15) is 0 Å². The lowest BCUT2D eigenvalue weighted by molar-refractivity contribution is 0.565.